The van der Waals surface area contributed by atoms with Gasteiger partial charge in [-0.2, -0.15) is 0 Å². The molecule has 1 rings (SSSR count). The van der Waals surface area contributed by atoms with Crippen molar-refractivity contribution >= 4 is 15.9 Å². The fourth-order valence-electron chi connectivity index (χ4n) is 1.83. The smallest absolute Gasteiger partial charge is 0.119 e. The summed E-state index contributed by atoms with van der Waals surface area (Å²) in [6.45, 7) is 8.51. The normalized spacial score (nSPS) is 11.3. The van der Waals surface area contributed by atoms with Gasteiger partial charge in [0, 0.05) is 24.1 Å². The summed E-state index contributed by atoms with van der Waals surface area (Å²) in [4.78, 5) is 2.31. The molecule has 1 aromatic rings. The number of ether oxygens (including phenoxy) is 1. The molecule has 0 radical (unpaired) electrons. The molecule has 0 saturated heterocycles. The van der Waals surface area contributed by atoms with Gasteiger partial charge in [0.05, 0.1) is 7.11 Å². The monoisotopic (exact) mass is 328 g/mol. The van der Waals surface area contributed by atoms with E-state index in [1.54, 1.807) is 7.11 Å². The van der Waals surface area contributed by atoms with Gasteiger partial charge in [0.1, 0.15) is 5.75 Å². The van der Waals surface area contributed by atoms with Crippen molar-refractivity contribution in [2.24, 2.45) is 5.92 Å². The Balaban J connectivity index is 2.41. The molecule has 0 heterocycles. The zero-order valence-electron chi connectivity index (χ0n) is 12.4. The molecule has 19 heavy (non-hydrogen) atoms. The Labute approximate surface area is 125 Å². The number of hydrogen-bond donors (Lipinski definition) is 1. The minimum Gasteiger partial charge on any atom is -0.497 e. The number of likely N-dealkylation sites (N-methyl/N-ethyl adjacent to an activating group) is 1. The van der Waals surface area contributed by atoms with Crippen LogP contribution in [0.25, 0.3) is 0 Å². The summed E-state index contributed by atoms with van der Waals surface area (Å²) < 4.78 is 6.40. The highest BCUT2D eigenvalue weighted by atomic mass is 79.9. The fourth-order valence-corrected chi connectivity index (χ4v) is 2.20. The first-order valence-electron chi connectivity index (χ1n) is 6.74. The summed E-state index contributed by atoms with van der Waals surface area (Å²) in [6, 6.07) is 6.10. The van der Waals surface area contributed by atoms with Crippen LogP contribution in [0.2, 0.25) is 0 Å². The first-order valence-corrected chi connectivity index (χ1v) is 7.54. The van der Waals surface area contributed by atoms with E-state index in [2.05, 4.69) is 53.1 Å². The van der Waals surface area contributed by atoms with Crippen LogP contribution in [-0.2, 0) is 6.54 Å². The van der Waals surface area contributed by atoms with Crippen LogP contribution in [0, 0.1) is 5.92 Å². The van der Waals surface area contributed by atoms with Gasteiger partial charge >= 0.3 is 0 Å². The predicted molar refractivity (Wildman–Crippen MR) is 84.7 cm³/mol. The van der Waals surface area contributed by atoms with Crippen molar-refractivity contribution < 1.29 is 4.74 Å². The van der Waals surface area contributed by atoms with Crippen molar-refractivity contribution in [3.05, 3.63) is 28.2 Å². The average Bonchev–Trinajstić information content (AvgIpc) is 2.37. The van der Waals surface area contributed by atoms with Gasteiger partial charge in [0.25, 0.3) is 0 Å². The third-order valence-corrected chi connectivity index (χ3v) is 3.69. The molecule has 1 N–H and O–H groups in total. The van der Waals surface area contributed by atoms with Gasteiger partial charge in [-0.15, -0.1) is 0 Å². The maximum Gasteiger partial charge on any atom is 0.119 e. The molecule has 0 aliphatic rings. The molecule has 108 valence electrons. The second kappa shape index (κ2) is 8.56. The minimum atomic E-state index is 0.706. The highest BCUT2D eigenvalue weighted by molar-refractivity contribution is 9.10. The molecule has 3 nitrogen and oxygen atoms in total. The lowest BCUT2D eigenvalue weighted by atomic mass is 10.2. The Morgan fingerprint density at radius 2 is 2.11 bits per heavy atom. The van der Waals surface area contributed by atoms with Gasteiger partial charge in [-0.3, -0.25) is 0 Å². The minimum absolute atomic E-state index is 0.706. The summed E-state index contributed by atoms with van der Waals surface area (Å²) >= 11 is 3.59. The Hall–Kier alpha value is -0.580. The van der Waals surface area contributed by atoms with E-state index in [0.29, 0.717) is 5.92 Å². The topological polar surface area (TPSA) is 24.5 Å². The number of nitrogens with one attached hydrogen (secondary N) is 1. The summed E-state index contributed by atoms with van der Waals surface area (Å²) in [5.74, 6) is 1.61. The first kappa shape index (κ1) is 16.5. The van der Waals surface area contributed by atoms with Gasteiger partial charge < -0.3 is 15.0 Å². The SMILES string of the molecule is COc1ccc(Br)c(CN(C)CCNCC(C)C)c1. The van der Waals surface area contributed by atoms with Crippen LogP contribution in [0.4, 0.5) is 0 Å². The van der Waals surface area contributed by atoms with Crippen LogP contribution in [-0.4, -0.2) is 38.7 Å². The van der Waals surface area contributed by atoms with Crippen molar-refractivity contribution in [3.63, 3.8) is 0 Å². The lowest BCUT2D eigenvalue weighted by Crippen LogP contribution is -2.30. The van der Waals surface area contributed by atoms with Crippen LogP contribution < -0.4 is 10.1 Å². The van der Waals surface area contributed by atoms with Gasteiger partial charge in [0.15, 0.2) is 0 Å². The van der Waals surface area contributed by atoms with Crippen LogP contribution in [0.5, 0.6) is 5.75 Å². The molecule has 0 fully saturated rings. The number of benzene rings is 1. The zero-order chi connectivity index (χ0) is 14.3. The number of rotatable bonds is 8. The molecule has 0 atom stereocenters. The maximum absolute atomic E-state index is 5.26. The van der Waals surface area contributed by atoms with Crippen LogP contribution in [0.1, 0.15) is 19.4 Å². The lowest BCUT2D eigenvalue weighted by Gasteiger charge is -2.18. The zero-order valence-corrected chi connectivity index (χ0v) is 14.0. The molecule has 0 unspecified atom stereocenters. The third-order valence-electron chi connectivity index (χ3n) is 2.92. The van der Waals surface area contributed by atoms with Crippen LogP contribution in [0.15, 0.2) is 22.7 Å². The number of hydrogen-bond acceptors (Lipinski definition) is 3. The number of methoxy groups -OCH3 is 1. The fraction of sp³-hybridized carbons (Fsp3) is 0.600. The van der Waals surface area contributed by atoms with E-state index in [1.807, 2.05) is 12.1 Å². The Kier molecular flexibility index (Phi) is 7.42. The Bertz CT molecular complexity index is 382. The van der Waals surface area contributed by atoms with Gasteiger partial charge in [-0.25, -0.2) is 0 Å². The molecule has 0 spiro atoms. The lowest BCUT2D eigenvalue weighted by molar-refractivity contribution is 0.320. The summed E-state index contributed by atoms with van der Waals surface area (Å²) in [5, 5.41) is 3.46. The van der Waals surface area contributed by atoms with E-state index in [4.69, 9.17) is 4.74 Å². The molecule has 1 aromatic carbocycles. The predicted octanol–water partition coefficient (Wildman–Crippen LogP) is 3.14. The molecule has 4 heteroatoms. The largest absolute Gasteiger partial charge is 0.497 e. The molecule has 0 aliphatic heterocycles. The summed E-state index contributed by atoms with van der Waals surface area (Å²) in [6.07, 6.45) is 0. The molecule has 0 aliphatic carbocycles. The third kappa shape index (κ3) is 6.41. The van der Waals surface area contributed by atoms with Crippen molar-refractivity contribution in [2.75, 3.05) is 33.8 Å². The van der Waals surface area contributed by atoms with Crippen molar-refractivity contribution in [2.45, 2.75) is 20.4 Å². The quantitative estimate of drug-likeness (QED) is 0.742. The molecule has 0 saturated carbocycles. The molecular weight excluding hydrogens is 304 g/mol. The highest BCUT2D eigenvalue weighted by Gasteiger charge is 2.06. The second-order valence-electron chi connectivity index (χ2n) is 5.29. The van der Waals surface area contributed by atoms with Crippen molar-refractivity contribution in [1.29, 1.82) is 0 Å². The van der Waals surface area contributed by atoms with E-state index >= 15 is 0 Å². The van der Waals surface area contributed by atoms with Crippen molar-refractivity contribution in [3.8, 4) is 5.75 Å². The number of nitrogens with zero attached hydrogens (tertiary/aromatic N) is 1. The van der Waals surface area contributed by atoms with Crippen LogP contribution >= 0.6 is 15.9 Å². The summed E-state index contributed by atoms with van der Waals surface area (Å²) in [7, 11) is 3.84. The first-order chi connectivity index (χ1) is 9.02. The standard InChI is InChI=1S/C15H25BrN2O/c1-12(2)10-17-7-8-18(3)11-13-9-14(19-4)5-6-15(13)16/h5-6,9,12,17H,7-8,10-11H2,1-4H3. The molecule has 0 aromatic heterocycles. The van der Waals surface area contributed by atoms with Crippen molar-refractivity contribution in [1.82, 2.24) is 10.2 Å². The van der Waals surface area contributed by atoms with Gasteiger partial charge in [-0.05, 0) is 43.3 Å². The second-order valence-corrected chi connectivity index (χ2v) is 6.15. The molecular formula is C15H25BrN2O. The highest BCUT2D eigenvalue weighted by Crippen LogP contribution is 2.23. The Morgan fingerprint density at radius 1 is 1.37 bits per heavy atom. The summed E-state index contributed by atoms with van der Waals surface area (Å²) in [5.41, 5.74) is 1.26. The average molecular weight is 329 g/mol. The van der Waals surface area contributed by atoms with Gasteiger partial charge in [0.2, 0.25) is 0 Å². The Morgan fingerprint density at radius 3 is 2.74 bits per heavy atom. The van der Waals surface area contributed by atoms with E-state index in [9.17, 15) is 0 Å². The maximum atomic E-state index is 5.26. The van der Waals surface area contributed by atoms with E-state index < -0.39 is 0 Å². The van der Waals surface area contributed by atoms with E-state index in [-0.39, 0.29) is 0 Å². The van der Waals surface area contributed by atoms with Crippen LogP contribution in [0.3, 0.4) is 0 Å². The molecule has 0 bridgehead atoms. The molecule has 0 amide bonds. The van der Waals surface area contributed by atoms with E-state index in [0.717, 1.165) is 36.4 Å². The number of halogens is 1. The van der Waals surface area contributed by atoms with Gasteiger partial charge in [-0.1, -0.05) is 29.8 Å². The van der Waals surface area contributed by atoms with E-state index in [1.165, 1.54) is 5.56 Å².